The molecule has 3 aromatic heterocycles. The highest BCUT2D eigenvalue weighted by molar-refractivity contribution is 5.64. The standard InChI is InChI=1S/C22H19N7/c23-14-16-5-4-6-17(13-16)22-26-25-21-10-8-19(27-29(21)22)18-7-9-20(24-15-18)28-11-2-1-3-12-28/h4-10,13,15H,1-3,11-12H2. The van der Waals surface area contributed by atoms with Crippen molar-refractivity contribution in [2.24, 2.45) is 0 Å². The topological polar surface area (TPSA) is 83.0 Å². The molecule has 1 aromatic carbocycles. The van der Waals surface area contributed by atoms with Crippen molar-refractivity contribution in [3.63, 3.8) is 0 Å². The van der Waals surface area contributed by atoms with Crippen molar-refractivity contribution in [1.82, 2.24) is 24.8 Å². The third-order valence-corrected chi connectivity index (χ3v) is 5.24. The monoisotopic (exact) mass is 381 g/mol. The van der Waals surface area contributed by atoms with Crippen LogP contribution in [0.25, 0.3) is 28.3 Å². The zero-order valence-electron chi connectivity index (χ0n) is 15.9. The summed E-state index contributed by atoms with van der Waals surface area (Å²) < 4.78 is 1.71. The van der Waals surface area contributed by atoms with Crippen LogP contribution in [0.2, 0.25) is 0 Å². The number of aromatic nitrogens is 5. The second-order valence-electron chi connectivity index (χ2n) is 7.16. The van der Waals surface area contributed by atoms with E-state index >= 15 is 0 Å². The van der Waals surface area contributed by atoms with Crippen LogP contribution in [-0.2, 0) is 0 Å². The minimum absolute atomic E-state index is 0.577. The summed E-state index contributed by atoms with van der Waals surface area (Å²) in [7, 11) is 0. The van der Waals surface area contributed by atoms with E-state index in [2.05, 4.69) is 38.3 Å². The number of anilines is 1. The minimum atomic E-state index is 0.577. The van der Waals surface area contributed by atoms with E-state index < -0.39 is 0 Å². The van der Waals surface area contributed by atoms with Gasteiger partial charge in [-0.25, -0.2) is 4.98 Å². The van der Waals surface area contributed by atoms with E-state index in [0.717, 1.165) is 35.7 Å². The fourth-order valence-corrected chi connectivity index (χ4v) is 3.70. The molecule has 4 aromatic rings. The van der Waals surface area contributed by atoms with E-state index in [-0.39, 0.29) is 0 Å². The average molecular weight is 381 g/mol. The van der Waals surface area contributed by atoms with Gasteiger partial charge >= 0.3 is 0 Å². The van der Waals surface area contributed by atoms with Crippen molar-refractivity contribution < 1.29 is 0 Å². The van der Waals surface area contributed by atoms with Crippen molar-refractivity contribution in [3.05, 3.63) is 60.3 Å². The predicted octanol–water partition coefficient (Wildman–Crippen LogP) is 3.72. The van der Waals surface area contributed by atoms with E-state index in [1.165, 1.54) is 19.3 Å². The Labute approximate surface area is 168 Å². The molecule has 0 amide bonds. The molecule has 0 N–H and O–H groups in total. The molecule has 5 rings (SSSR count). The lowest BCUT2D eigenvalue weighted by Gasteiger charge is -2.27. The molecule has 1 aliphatic heterocycles. The van der Waals surface area contributed by atoms with Crippen LogP contribution in [0.3, 0.4) is 0 Å². The van der Waals surface area contributed by atoms with Crippen molar-refractivity contribution in [1.29, 1.82) is 5.26 Å². The van der Waals surface area contributed by atoms with Gasteiger partial charge < -0.3 is 4.90 Å². The highest BCUT2D eigenvalue weighted by Gasteiger charge is 2.14. The Morgan fingerprint density at radius 3 is 2.59 bits per heavy atom. The molecule has 0 radical (unpaired) electrons. The Hall–Kier alpha value is -3.79. The maximum Gasteiger partial charge on any atom is 0.185 e. The molecule has 7 nitrogen and oxygen atoms in total. The normalized spacial score (nSPS) is 14.1. The molecule has 0 atom stereocenters. The fourth-order valence-electron chi connectivity index (χ4n) is 3.70. The van der Waals surface area contributed by atoms with E-state index in [9.17, 15) is 0 Å². The summed E-state index contributed by atoms with van der Waals surface area (Å²) >= 11 is 0. The van der Waals surface area contributed by atoms with Gasteiger partial charge in [0.1, 0.15) is 5.82 Å². The zero-order valence-corrected chi connectivity index (χ0v) is 15.9. The Balaban J connectivity index is 1.50. The Kier molecular flexibility index (Phi) is 4.37. The maximum atomic E-state index is 9.16. The summed E-state index contributed by atoms with van der Waals surface area (Å²) in [6, 6.07) is 17.4. The smallest absolute Gasteiger partial charge is 0.185 e. The summed E-state index contributed by atoms with van der Waals surface area (Å²) in [5.41, 5.74) is 3.78. The molecular formula is C22H19N7. The molecule has 1 saturated heterocycles. The summed E-state index contributed by atoms with van der Waals surface area (Å²) in [5.74, 6) is 1.63. The molecular weight excluding hydrogens is 362 g/mol. The number of nitrogens with zero attached hydrogens (tertiary/aromatic N) is 7. The molecule has 29 heavy (non-hydrogen) atoms. The van der Waals surface area contributed by atoms with Crippen LogP contribution in [0.5, 0.6) is 0 Å². The SMILES string of the molecule is N#Cc1cccc(-c2nnc3ccc(-c4ccc(N5CCCCC5)nc4)nn23)c1. The maximum absolute atomic E-state index is 9.16. The van der Waals surface area contributed by atoms with E-state index in [0.29, 0.717) is 17.0 Å². The fraction of sp³-hybridized carbons (Fsp3) is 0.227. The lowest BCUT2D eigenvalue weighted by molar-refractivity contribution is 0.573. The van der Waals surface area contributed by atoms with Gasteiger partial charge in [0.2, 0.25) is 0 Å². The van der Waals surface area contributed by atoms with E-state index in [1.807, 2.05) is 30.5 Å². The van der Waals surface area contributed by atoms with Gasteiger partial charge in [-0.2, -0.15) is 14.9 Å². The summed E-state index contributed by atoms with van der Waals surface area (Å²) in [6.45, 7) is 2.14. The second-order valence-corrected chi connectivity index (χ2v) is 7.16. The van der Waals surface area contributed by atoms with Gasteiger partial charge in [0.15, 0.2) is 11.5 Å². The van der Waals surface area contributed by atoms with Crippen LogP contribution in [0.1, 0.15) is 24.8 Å². The summed E-state index contributed by atoms with van der Waals surface area (Å²) in [5, 5.41) is 22.4. The number of rotatable bonds is 3. The molecule has 0 bridgehead atoms. The Morgan fingerprint density at radius 2 is 1.79 bits per heavy atom. The molecule has 1 fully saturated rings. The molecule has 7 heteroatoms. The third-order valence-electron chi connectivity index (χ3n) is 5.24. The van der Waals surface area contributed by atoms with Crippen LogP contribution in [0.4, 0.5) is 5.82 Å². The van der Waals surface area contributed by atoms with Crippen LogP contribution >= 0.6 is 0 Å². The first kappa shape index (κ1) is 17.3. The third kappa shape index (κ3) is 3.29. The van der Waals surface area contributed by atoms with Gasteiger partial charge in [-0.3, -0.25) is 0 Å². The first-order valence-electron chi connectivity index (χ1n) is 9.76. The van der Waals surface area contributed by atoms with Gasteiger partial charge in [-0.15, -0.1) is 10.2 Å². The number of benzene rings is 1. The highest BCUT2D eigenvalue weighted by atomic mass is 15.4. The first-order valence-corrected chi connectivity index (χ1v) is 9.76. The lowest BCUT2D eigenvalue weighted by atomic mass is 10.1. The van der Waals surface area contributed by atoms with E-state index in [1.54, 1.807) is 16.6 Å². The molecule has 0 saturated carbocycles. The van der Waals surface area contributed by atoms with Crippen molar-refractivity contribution >= 4 is 11.5 Å². The predicted molar refractivity (Wildman–Crippen MR) is 110 cm³/mol. The quantitative estimate of drug-likeness (QED) is 0.538. The summed E-state index contributed by atoms with van der Waals surface area (Å²) in [6.07, 6.45) is 5.63. The molecule has 1 aliphatic rings. The summed E-state index contributed by atoms with van der Waals surface area (Å²) in [4.78, 5) is 7.00. The molecule has 0 spiro atoms. The Bertz CT molecular complexity index is 1200. The Morgan fingerprint density at radius 1 is 0.897 bits per heavy atom. The zero-order chi connectivity index (χ0) is 19.6. The van der Waals surface area contributed by atoms with E-state index in [4.69, 9.17) is 10.4 Å². The van der Waals surface area contributed by atoms with Crippen molar-refractivity contribution in [3.8, 4) is 28.7 Å². The number of pyridine rings is 1. The minimum Gasteiger partial charge on any atom is -0.357 e. The average Bonchev–Trinajstić information content (AvgIpc) is 3.23. The van der Waals surface area contributed by atoms with Crippen LogP contribution in [-0.4, -0.2) is 37.9 Å². The van der Waals surface area contributed by atoms with Crippen molar-refractivity contribution in [2.45, 2.75) is 19.3 Å². The van der Waals surface area contributed by atoms with Gasteiger partial charge in [0, 0.05) is 30.4 Å². The van der Waals surface area contributed by atoms with Gasteiger partial charge in [0.05, 0.1) is 17.3 Å². The number of hydrogen-bond acceptors (Lipinski definition) is 6. The molecule has 4 heterocycles. The van der Waals surface area contributed by atoms with Crippen molar-refractivity contribution in [2.75, 3.05) is 18.0 Å². The van der Waals surface area contributed by atoms with Crippen LogP contribution in [0.15, 0.2) is 54.7 Å². The number of piperidine rings is 1. The lowest BCUT2D eigenvalue weighted by Crippen LogP contribution is -2.29. The van der Waals surface area contributed by atoms with Gasteiger partial charge in [-0.05, 0) is 55.7 Å². The number of fused-ring (bicyclic) bond motifs is 1. The highest BCUT2D eigenvalue weighted by Crippen LogP contribution is 2.24. The molecule has 0 unspecified atom stereocenters. The van der Waals surface area contributed by atoms with Crippen LogP contribution < -0.4 is 4.90 Å². The molecule has 142 valence electrons. The van der Waals surface area contributed by atoms with Crippen LogP contribution in [0, 0.1) is 11.3 Å². The number of nitriles is 1. The molecule has 0 aliphatic carbocycles. The second kappa shape index (κ2) is 7.32. The number of hydrogen-bond donors (Lipinski definition) is 0. The van der Waals surface area contributed by atoms with Gasteiger partial charge in [-0.1, -0.05) is 12.1 Å². The first-order chi connectivity index (χ1) is 14.3. The van der Waals surface area contributed by atoms with Gasteiger partial charge in [0.25, 0.3) is 0 Å². The largest absolute Gasteiger partial charge is 0.357 e.